The second-order valence-corrected chi connectivity index (χ2v) is 7.27. The molecular weight excluding hydrogens is 386 g/mol. The Labute approximate surface area is 153 Å². The molecule has 0 amide bonds. The van der Waals surface area contributed by atoms with Gasteiger partial charge in [0.25, 0.3) is 0 Å². The lowest BCUT2D eigenvalue weighted by molar-refractivity contribution is 0.0600. The van der Waals surface area contributed by atoms with Crippen molar-refractivity contribution in [2.45, 2.75) is 13.3 Å². The van der Waals surface area contributed by atoms with Gasteiger partial charge in [0, 0.05) is 21.8 Å². The summed E-state index contributed by atoms with van der Waals surface area (Å²) in [6.45, 7) is 2.08. The molecule has 2 aromatic carbocycles. The number of aryl methyl sites for hydroxylation is 1. The zero-order valence-electron chi connectivity index (χ0n) is 13.4. The zero-order valence-corrected chi connectivity index (χ0v) is 15.8. The molecule has 3 nitrogen and oxygen atoms in total. The largest absolute Gasteiger partial charge is 0.465 e. The van der Waals surface area contributed by atoms with Crippen LogP contribution in [-0.2, 0) is 11.2 Å². The normalized spacial score (nSPS) is 10.6. The monoisotopic (exact) mass is 401 g/mol. The minimum atomic E-state index is -0.335. The number of halogens is 1. The molecule has 1 heterocycles. The molecule has 1 aromatic heterocycles. The SMILES string of the molecule is COC(=O)c1ccc(Cc2nc(-c3cccc(C)c3)cs2)c(Br)c1. The Bertz CT molecular complexity index is 889. The van der Waals surface area contributed by atoms with Gasteiger partial charge in [-0.1, -0.05) is 45.8 Å². The maximum atomic E-state index is 11.6. The topological polar surface area (TPSA) is 39.2 Å². The lowest BCUT2D eigenvalue weighted by Gasteiger charge is -2.05. The highest BCUT2D eigenvalue weighted by Gasteiger charge is 2.11. The van der Waals surface area contributed by atoms with Gasteiger partial charge in [-0.2, -0.15) is 0 Å². The van der Waals surface area contributed by atoms with Gasteiger partial charge >= 0.3 is 5.97 Å². The van der Waals surface area contributed by atoms with Crippen molar-refractivity contribution in [2.75, 3.05) is 7.11 Å². The van der Waals surface area contributed by atoms with E-state index in [0.29, 0.717) is 5.56 Å². The summed E-state index contributed by atoms with van der Waals surface area (Å²) in [7, 11) is 1.38. The average Bonchev–Trinajstić information content (AvgIpc) is 3.04. The average molecular weight is 402 g/mol. The standard InChI is InChI=1S/C19H16BrNO2S/c1-12-4-3-5-14(8-12)17-11-24-18(21-17)10-13-6-7-15(9-16(13)20)19(22)23-2/h3-9,11H,10H2,1-2H3. The van der Waals surface area contributed by atoms with Gasteiger partial charge in [0.1, 0.15) is 0 Å². The van der Waals surface area contributed by atoms with Crippen molar-refractivity contribution in [3.63, 3.8) is 0 Å². The number of thiazole rings is 1. The molecule has 0 aliphatic heterocycles. The molecule has 0 saturated carbocycles. The molecule has 3 aromatic rings. The molecule has 0 atom stereocenters. The molecule has 0 aliphatic carbocycles. The van der Waals surface area contributed by atoms with Gasteiger partial charge in [0.2, 0.25) is 0 Å². The summed E-state index contributed by atoms with van der Waals surface area (Å²) >= 11 is 5.18. The molecule has 0 N–H and O–H groups in total. The highest BCUT2D eigenvalue weighted by atomic mass is 79.9. The van der Waals surface area contributed by atoms with E-state index in [9.17, 15) is 4.79 Å². The molecule has 0 saturated heterocycles. The molecule has 122 valence electrons. The molecule has 24 heavy (non-hydrogen) atoms. The first-order chi connectivity index (χ1) is 11.6. The molecular formula is C19H16BrNO2S. The summed E-state index contributed by atoms with van der Waals surface area (Å²) in [5.41, 5.74) is 4.99. The van der Waals surface area contributed by atoms with Gasteiger partial charge in [-0.05, 0) is 30.7 Å². The fourth-order valence-corrected chi connectivity index (χ4v) is 3.77. The number of methoxy groups -OCH3 is 1. The van der Waals surface area contributed by atoms with Crippen molar-refractivity contribution < 1.29 is 9.53 Å². The van der Waals surface area contributed by atoms with Crippen LogP contribution in [-0.4, -0.2) is 18.1 Å². The number of aromatic nitrogens is 1. The third kappa shape index (κ3) is 3.74. The number of ether oxygens (including phenoxy) is 1. The van der Waals surface area contributed by atoms with Crippen molar-refractivity contribution in [2.24, 2.45) is 0 Å². The van der Waals surface area contributed by atoms with Crippen LogP contribution in [0.15, 0.2) is 52.3 Å². The predicted octanol–water partition coefficient (Wildman–Crippen LogP) is 5.26. The maximum Gasteiger partial charge on any atom is 0.337 e. The number of benzene rings is 2. The second kappa shape index (κ2) is 7.28. The summed E-state index contributed by atoms with van der Waals surface area (Å²) in [6, 6.07) is 13.8. The Kier molecular flexibility index (Phi) is 5.11. The van der Waals surface area contributed by atoms with Crippen LogP contribution in [0.2, 0.25) is 0 Å². The van der Waals surface area contributed by atoms with Crippen molar-refractivity contribution in [3.8, 4) is 11.3 Å². The smallest absolute Gasteiger partial charge is 0.337 e. The molecule has 0 spiro atoms. The van der Waals surface area contributed by atoms with E-state index in [2.05, 4.69) is 46.4 Å². The van der Waals surface area contributed by atoms with Crippen molar-refractivity contribution in [1.29, 1.82) is 0 Å². The van der Waals surface area contributed by atoms with E-state index in [-0.39, 0.29) is 5.97 Å². The fraction of sp³-hybridized carbons (Fsp3) is 0.158. The highest BCUT2D eigenvalue weighted by molar-refractivity contribution is 9.10. The Balaban J connectivity index is 1.81. The second-order valence-electron chi connectivity index (χ2n) is 5.47. The van der Waals surface area contributed by atoms with Crippen LogP contribution in [0.4, 0.5) is 0 Å². The maximum absolute atomic E-state index is 11.6. The molecule has 0 aliphatic rings. The van der Waals surface area contributed by atoms with Crippen molar-refractivity contribution in [1.82, 2.24) is 4.98 Å². The van der Waals surface area contributed by atoms with E-state index in [1.165, 1.54) is 12.7 Å². The molecule has 3 rings (SSSR count). The Morgan fingerprint density at radius 3 is 2.79 bits per heavy atom. The van der Waals surface area contributed by atoms with Gasteiger partial charge in [0.05, 0.1) is 23.4 Å². The van der Waals surface area contributed by atoms with E-state index in [4.69, 9.17) is 9.72 Å². The van der Waals surface area contributed by atoms with Gasteiger partial charge in [0.15, 0.2) is 0 Å². The third-order valence-electron chi connectivity index (χ3n) is 3.68. The van der Waals surface area contributed by atoms with Gasteiger partial charge < -0.3 is 4.74 Å². The fourth-order valence-electron chi connectivity index (χ4n) is 2.43. The van der Waals surface area contributed by atoms with Crippen LogP contribution in [0, 0.1) is 6.92 Å². The first-order valence-electron chi connectivity index (χ1n) is 7.45. The number of carbonyl (C=O) groups is 1. The summed E-state index contributed by atoms with van der Waals surface area (Å²) in [4.78, 5) is 16.3. The number of esters is 1. The van der Waals surface area contributed by atoms with Crippen molar-refractivity contribution >= 4 is 33.2 Å². The van der Waals surface area contributed by atoms with Gasteiger partial charge in [-0.3, -0.25) is 0 Å². The van der Waals surface area contributed by atoms with E-state index in [0.717, 1.165) is 32.7 Å². The molecule has 0 fully saturated rings. The van der Waals surface area contributed by atoms with Crippen LogP contribution >= 0.6 is 27.3 Å². The first-order valence-corrected chi connectivity index (χ1v) is 9.12. The van der Waals surface area contributed by atoms with Crippen LogP contribution in [0.1, 0.15) is 26.5 Å². The highest BCUT2D eigenvalue weighted by Crippen LogP contribution is 2.27. The summed E-state index contributed by atoms with van der Waals surface area (Å²) < 4.78 is 5.63. The minimum absolute atomic E-state index is 0.335. The zero-order chi connectivity index (χ0) is 17.1. The van der Waals surface area contributed by atoms with Crippen LogP contribution in [0.3, 0.4) is 0 Å². The lowest BCUT2D eigenvalue weighted by atomic mass is 10.1. The van der Waals surface area contributed by atoms with Crippen LogP contribution in [0.25, 0.3) is 11.3 Å². The van der Waals surface area contributed by atoms with Crippen molar-refractivity contribution in [3.05, 3.63) is 74.0 Å². The number of hydrogen-bond acceptors (Lipinski definition) is 4. The van der Waals surface area contributed by atoms with Gasteiger partial charge in [-0.15, -0.1) is 11.3 Å². The van der Waals surface area contributed by atoms with Crippen LogP contribution in [0.5, 0.6) is 0 Å². The van der Waals surface area contributed by atoms with E-state index < -0.39 is 0 Å². The number of rotatable bonds is 4. The Hall–Kier alpha value is -1.98. The van der Waals surface area contributed by atoms with E-state index >= 15 is 0 Å². The van der Waals surface area contributed by atoms with Gasteiger partial charge in [-0.25, -0.2) is 9.78 Å². The number of nitrogens with zero attached hydrogens (tertiary/aromatic N) is 1. The van der Waals surface area contributed by atoms with Crippen LogP contribution < -0.4 is 0 Å². The molecule has 0 radical (unpaired) electrons. The van der Waals surface area contributed by atoms with E-state index in [1.54, 1.807) is 23.5 Å². The quantitative estimate of drug-likeness (QED) is 0.559. The minimum Gasteiger partial charge on any atom is -0.465 e. The summed E-state index contributed by atoms with van der Waals surface area (Å²) in [5.74, 6) is -0.335. The summed E-state index contributed by atoms with van der Waals surface area (Å²) in [5, 5.41) is 3.12. The Morgan fingerprint density at radius 1 is 1.25 bits per heavy atom. The number of carbonyl (C=O) groups excluding carboxylic acids is 1. The predicted molar refractivity (Wildman–Crippen MR) is 101 cm³/mol. The summed E-state index contributed by atoms with van der Waals surface area (Å²) in [6.07, 6.45) is 0.721. The molecule has 5 heteroatoms. The Morgan fingerprint density at radius 2 is 2.08 bits per heavy atom. The first kappa shape index (κ1) is 16.9. The van der Waals surface area contributed by atoms with E-state index in [1.807, 2.05) is 12.1 Å². The lowest BCUT2D eigenvalue weighted by Crippen LogP contribution is -2.01. The molecule has 0 unspecified atom stereocenters. The third-order valence-corrected chi connectivity index (χ3v) is 5.27. The number of hydrogen-bond donors (Lipinski definition) is 0. The molecule has 0 bridgehead atoms.